The Morgan fingerprint density at radius 1 is 0.949 bits per heavy atom. The van der Waals surface area contributed by atoms with Crippen molar-refractivity contribution in [2.24, 2.45) is 0 Å². The van der Waals surface area contributed by atoms with Gasteiger partial charge in [-0.15, -0.1) is 0 Å². The third-order valence-corrected chi connectivity index (χ3v) is 8.91. The van der Waals surface area contributed by atoms with Crippen LogP contribution in [0.1, 0.15) is 58.7 Å². The molecule has 4 aromatic rings. The number of aromatic nitrogens is 3. The minimum atomic E-state index is -4.05. The number of nitrogens with zero attached hydrogens (tertiary/aromatic N) is 4. The summed E-state index contributed by atoms with van der Waals surface area (Å²) < 4.78 is 29.6. The van der Waals surface area contributed by atoms with E-state index in [4.69, 9.17) is 11.6 Å². The highest BCUT2D eigenvalue weighted by Crippen LogP contribution is 2.28. The number of anilines is 1. The molecule has 1 fully saturated rings. The van der Waals surface area contributed by atoms with E-state index in [0.717, 1.165) is 41.3 Å². The number of carbonyl (C=O) groups excluding carboxylic acids is 1. The van der Waals surface area contributed by atoms with Crippen LogP contribution in [-0.2, 0) is 16.6 Å². The Bertz CT molecular complexity index is 1640. The van der Waals surface area contributed by atoms with Gasteiger partial charge in [0.15, 0.2) is 5.65 Å². The molecule has 0 atom stereocenters. The van der Waals surface area contributed by atoms with Crippen LogP contribution in [0.25, 0.3) is 11.2 Å². The molecular weight excluding hydrogens is 534 g/mol. The molecule has 3 heterocycles. The fourth-order valence-corrected chi connectivity index (χ4v) is 6.16. The molecule has 2 aromatic heterocycles. The van der Waals surface area contributed by atoms with E-state index >= 15 is 0 Å². The first kappa shape index (κ1) is 27.1. The second-order valence-corrected chi connectivity index (χ2v) is 12.3. The number of halogens is 1. The minimum absolute atomic E-state index is 0.000514. The monoisotopic (exact) mass is 565 g/mol. The van der Waals surface area contributed by atoms with Crippen LogP contribution < -0.4 is 9.62 Å². The minimum Gasteiger partial charge on any atom is -0.371 e. The molecule has 0 saturated carbocycles. The fraction of sp³-hybridized carbons (Fsp3) is 0.345. The van der Waals surface area contributed by atoms with Crippen molar-refractivity contribution in [2.45, 2.75) is 57.9 Å². The lowest BCUT2D eigenvalue weighted by atomic mass is 10.1. The zero-order valence-electron chi connectivity index (χ0n) is 22.4. The van der Waals surface area contributed by atoms with Crippen molar-refractivity contribution in [3.63, 3.8) is 0 Å². The van der Waals surface area contributed by atoms with E-state index in [1.165, 1.54) is 37.8 Å². The van der Waals surface area contributed by atoms with Gasteiger partial charge >= 0.3 is 0 Å². The fourth-order valence-electron chi connectivity index (χ4n) is 4.97. The molecule has 10 heteroatoms. The second-order valence-electron chi connectivity index (χ2n) is 10.2. The molecule has 1 N–H and O–H groups in total. The largest absolute Gasteiger partial charge is 0.371 e. The average Bonchev–Trinajstić information content (AvgIpc) is 3.05. The van der Waals surface area contributed by atoms with Gasteiger partial charge in [0.2, 0.25) is 0 Å². The van der Waals surface area contributed by atoms with Crippen molar-refractivity contribution in [3.8, 4) is 0 Å². The van der Waals surface area contributed by atoms with Crippen molar-refractivity contribution < 1.29 is 13.2 Å². The quantitative estimate of drug-likeness (QED) is 0.329. The Morgan fingerprint density at radius 2 is 1.64 bits per heavy atom. The number of amides is 1. The van der Waals surface area contributed by atoms with E-state index in [1.807, 2.05) is 37.5 Å². The standard InChI is InChI=1S/C29H32ClN5O3S/c1-19-8-12-24(13-9-19)39(37,38)33-29(36)26-16-20(2)27-28(32-26)35(21(3)31-27)18-22-10-11-23(17-25(22)30)34-14-6-4-5-7-15-34/h8-13,16-17H,4-7,14-15,18H2,1-3H3,(H,33,36). The molecule has 0 bridgehead atoms. The highest BCUT2D eigenvalue weighted by molar-refractivity contribution is 7.90. The van der Waals surface area contributed by atoms with E-state index in [1.54, 1.807) is 18.2 Å². The number of nitrogens with one attached hydrogen (secondary N) is 1. The molecule has 39 heavy (non-hydrogen) atoms. The third-order valence-electron chi connectivity index (χ3n) is 7.21. The van der Waals surface area contributed by atoms with Crippen molar-refractivity contribution in [3.05, 3.63) is 81.8 Å². The Labute approximate surface area is 234 Å². The third kappa shape index (κ3) is 5.79. The number of hydrogen-bond donors (Lipinski definition) is 1. The maximum atomic E-state index is 13.0. The molecular formula is C29H32ClN5O3S. The number of fused-ring (bicyclic) bond motifs is 1. The Balaban J connectivity index is 1.43. The summed E-state index contributed by atoms with van der Waals surface area (Å²) in [6, 6.07) is 14.0. The van der Waals surface area contributed by atoms with Gasteiger partial charge in [-0.3, -0.25) is 4.79 Å². The molecule has 1 aliphatic heterocycles. The van der Waals surface area contributed by atoms with Crippen molar-refractivity contribution in [2.75, 3.05) is 18.0 Å². The van der Waals surface area contributed by atoms with Crippen LogP contribution in [-0.4, -0.2) is 41.9 Å². The number of rotatable bonds is 6. The number of benzene rings is 2. The first-order valence-electron chi connectivity index (χ1n) is 13.1. The van der Waals surface area contributed by atoms with Crippen LogP contribution in [0.4, 0.5) is 5.69 Å². The lowest BCUT2D eigenvalue weighted by Crippen LogP contribution is -2.31. The van der Waals surface area contributed by atoms with Gasteiger partial charge < -0.3 is 9.47 Å². The van der Waals surface area contributed by atoms with Crippen molar-refractivity contribution >= 4 is 44.4 Å². The molecule has 2 aromatic carbocycles. The van der Waals surface area contributed by atoms with Gasteiger partial charge in [0.1, 0.15) is 17.0 Å². The molecule has 5 rings (SSSR count). The summed E-state index contributed by atoms with van der Waals surface area (Å²) in [6.45, 7) is 8.06. The number of pyridine rings is 1. The van der Waals surface area contributed by atoms with Crippen LogP contribution in [0.15, 0.2) is 53.4 Å². The first-order valence-corrected chi connectivity index (χ1v) is 15.0. The topological polar surface area (TPSA) is 97.2 Å². The number of aryl methyl sites for hydroxylation is 3. The van der Waals surface area contributed by atoms with Gasteiger partial charge in [0.25, 0.3) is 15.9 Å². The van der Waals surface area contributed by atoms with Gasteiger partial charge in [0.05, 0.1) is 11.4 Å². The number of sulfonamides is 1. The predicted molar refractivity (Wildman–Crippen MR) is 154 cm³/mol. The smallest absolute Gasteiger partial charge is 0.283 e. The highest BCUT2D eigenvalue weighted by atomic mass is 35.5. The van der Waals surface area contributed by atoms with E-state index in [-0.39, 0.29) is 10.6 Å². The molecule has 1 aliphatic rings. The van der Waals surface area contributed by atoms with Gasteiger partial charge in [-0.05, 0) is 75.1 Å². The zero-order chi connectivity index (χ0) is 27.7. The van der Waals surface area contributed by atoms with E-state index in [0.29, 0.717) is 22.7 Å². The molecule has 1 amide bonds. The summed E-state index contributed by atoms with van der Waals surface area (Å²) in [5.74, 6) is -0.0797. The lowest BCUT2D eigenvalue weighted by molar-refractivity contribution is 0.0976. The molecule has 1 saturated heterocycles. The maximum Gasteiger partial charge on any atom is 0.283 e. The lowest BCUT2D eigenvalue weighted by Gasteiger charge is -2.23. The van der Waals surface area contributed by atoms with Crippen molar-refractivity contribution in [1.29, 1.82) is 0 Å². The number of hydrogen-bond acceptors (Lipinski definition) is 6. The Hall–Kier alpha value is -3.43. The van der Waals surface area contributed by atoms with Gasteiger partial charge in [-0.2, -0.15) is 0 Å². The van der Waals surface area contributed by atoms with E-state index in [2.05, 4.69) is 25.7 Å². The molecule has 0 spiro atoms. The number of imidazole rings is 1. The normalized spacial score (nSPS) is 14.4. The van der Waals surface area contributed by atoms with Crippen LogP contribution in [0.5, 0.6) is 0 Å². The molecule has 0 unspecified atom stereocenters. The SMILES string of the molecule is Cc1ccc(S(=O)(=O)NC(=O)c2cc(C)c3nc(C)n(Cc4ccc(N5CCCCCC5)cc4Cl)c3n2)cc1. The zero-order valence-corrected chi connectivity index (χ0v) is 23.9. The Kier molecular flexibility index (Phi) is 7.64. The highest BCUT2D eigenvalue weighted by Gasteiger charge is 2.22. The predicted octanol–water partition coefficient (Wildman–Crippen LogP) is 5.56. The van der Waals surface area contributed by atoms with Crippen LogP contribution in [0.3, 0.4) is 0 Å². The average molecular weight is 566 g/mol. The summed E-state index contributed by atoms with van der Waals surface area (Å²) in [7, 11) is -4.05. The molecule has 8 nitrogen and oxygen atoms in total. The van der Waals surface area contributed by atoms with E-state index < -0.39 is 15.9 Å². The van der Waals surface area contributed by atoms with Gasteiger partial charge in [0, 0.05) is 23.8 Å². The second kappa shape index (κ2) is 11.0. The van der Waals surface area contributed by atoms with Crippen LogP contribution in [0, 0.1) is 20.8 Å². The van der Waals surface area contributed by atoms with Crippen molar-refractivity contribution in [1.82, 2.24) is 19.3 Å². The molecule has 0 aliphatic carbocycles. The Morgan fingerprint density at radius 3 is 2.31 bits per heavy atom. The molecule has 204 valence electrons. The van der Waals surface area contributed by atoms with Gasteiger partial charge in [-0.25, -0.2) is 23.1 Å². The van der Waals surface area contributed by atoms with Crippen LogP contribution >= 0.6 is 11.6 Å². The van der Waals surface area contributed by atoms with Gasteiger partial charge in [-0.1, -0.05) is 48.2 Å². The summed E-state index contributed by atoms with van der Waals surface area (Å²) in [5, 5.41) is 0.660. The summed E-state index contributed by atoms with van der Waals surface area (Å²) in [4.78, 5) is 24.7. The summed E-state index contributed by atoms with van der Waals surface area (Å²) >= 11 is 6.75. The van der Waals surface area contributed by atoms with E-state index in [9.17, 15) is 13.2 Å². The summed E-state index contributed by atoms with van der Waals surface area (Å²) in [6.07, 6.45) is 4.90. The maximum absolute atomic E-state index is 13.0. The van der Waals surface area contributed by atoms with Crippen LogP contribution in [0.2, 0.25) is 5.02 Å². The first-order chi connectivity index (χ1) is 18.6. The summed E-state index contributed by atoms with van der Waals surface area (Å²) in [5.41, 5.74) is 4.83. The number of carbonyl (C=O) groups is 1. The molecule has 0 radical (unpaired) electrons.